The molecule has 2 atom stereocenters. The number of nitrogens with zero attached hydrogens (tertiary/aromatic N) is 2. The van der Waals surface area contributed by atoms with Crippen molar-refractivity contribution in [3.63, 3.8) is 0 Å². The molecule has 9 heteroatoms. The van der Waals surface area contributed by atoms with Gasteiger partial charge in [-0.15, -0.1) is 0 Å². The third-order valence-corrected chi connectivity index (χ3v) is 9.42. The fraction of sp³-hybridized carbons (Fsp3) is 0.278. The Morgan fingerprint density at radius 3 is 1.91 bits per heavy atom. The summed E-state index contributed by atoms with van der Waals surface area (Å²) in [5, 5.41) is 2.95. The molecule has 0 radical (unpaired) electrons. The molecule has 4 aromatic carbocycles. The van der Waals surface area contributed by atoms with Crippen molar-refractivity contribution in [2.24, 2.45) is 0 Å². The average molecular weight is 628 g/mol. The van der Waals surface area contributed by atoms with Crippen molar-refractivity contribution in [2.45, 2.75) is 64.6 Å². The zero-order valence-corrected chi connectivity index (χ0v) is 27.3. The summed E-state index contributed by atoms with van der Waals surface area (Å²) in [5.41, 5.74) is 3.09. The standard InChI is InChI=1S/C36H41N3O5S/c1-6-28(4)37-36(41)29(5)38(24-30-16-12-26(2)13-17-30)35(40)25-39(45(42,43)34-22-14-27(3)15-23-34)31-18-20-33(21-19-31)44-32-10-8-7-9-11-32/h7-23,28-29H,6,24-25H2,1-5H3,(H,37,41)/t28-,29-/m1/s1. The van der Waals surface area contributed by atoms with Crippen molar-refractivity contribution in [3.05, 3.63) is 120 Å². The van der Waals surface area contributed by atoms with Crippen molar-refractivity contribution in [1.29, 1.82) is 0 Å². The van der Waals surface area contributed by atoms with Crippen LogP contribution < -0.4 is 14.4 Å². The zero-order chi connectivity index (χ0) is 32.6. The molecule has 1 N–H and O–H groups in total. The van der Waals surface area contributed by atoms with Crippen LogP contribution in [0.4, 0.5) is 5.69 Å². The minimum atomic E-state index is -4.17. The largest absolute Gasteiger partial charge is 0.457 e. The lowest BCUT2D eigenvalue weighted by atomic mass is 10.1. The molecule has 0 aromatic heterocycles. The fourth-order valence-corrected chi connectivity index (χ4v) is 6.02. The Morgan fingerprint density at radius 2 is 1.33 bits per heavy atom. The highest BCUT2D eigenvalue weighted by molar-refractivity contribution is 7.92. The first kappa shape index (κ1) is 33.3. The Bertz CT molecular complexity index is 1670. The number of sulfonamides is 1. The number of anilines is 1. The summed E-state index contributed by atoms with van der Waals surface area (Å²) in [4.78, 5) is 28.9. The van der Waals surface area contributed by atoms with Crippen molar-refractivity contribution in [2.75, 3.05) is 10.8 Å². The Hall–Kier alpha value is -4.63. The highest BCUT2D eigenvalue weighted by Gasteiger charge is 2.32. The van der Waals surface area contributed by atoms with Crippen LogP contribution >= 0.6 is 0 Å². The van der Waals surface area contributed by atoms with E-state index in [-0.39, 0.29) is 29.1 Å². The molecule has 0 aliphatic carbocycles. The van der Waals surface area contributed by atoms with Crippen molar-refractivity contribution in [1.82, 2.24) is 10.2 Å². The predicted octanol–water partition coefficient (Wildman–Crippen LogP) is 6.62. The molecular formula is C36H41N3O5S. The normalized spacial score (nSPS) is 12.6. The minimum Gasteiger partial charge on any atom is -0.457 e. The van der Waals surface area contributed by atoms with Gasteiger partial charge in [0.05, 0.1) is 10.6 Å². The molecule has 0 saturated carbocycles. The molecule has 0 saturated heterocycles. The van der Waals surface area contributed by atoms with E-state index in [1.54, 1.807) is 43.3 Å². The summed E-state index contributed by atoms with van der Waals surface area (Å²) < 4.78 is 35.2. The summed E-state index contributed by atoms with van der Waals surface area (Å²) in [7, 11) is -4.17. The predicted molar refractivity (Wildman–Crippen MR) is 178 cm³/mol. The highest BCUT2D eigenvalue weighted by atomic mass is 32.2. The first-order valence-electron chi connectivity index (χ1n) is 15.1. The number of para-hydroxylation sites is 1. The summed E-state index contributed by atoms with van der Waals surface area (Å²) in [6.45, 7) is 9.00. The van der Waals surface area contributed by atoms with Crippen LogP contribution in [0.15, 0.2) is 108 Å². The molecule has 4 rings (SSSR count). The van der Waals surface area contributed by atoms with E-state index < -0.39 is 28.5 Å². The van der Waals surface area contributed by atoms with E-state index in [0.29, 0.717) is 11.5 Å². The number of rotatable bonds is 13. The molecule has 0 spiro atoms. The lowest BCUT2D eigenvalue weighted by Crippen LogP contribution is -2.52. The monoisotopic (exact) mass is 627 g/mol. The van der Waals surface area contributed by atoms with Crippen LogP contribution in [0.2, 0.25) is 0 Å². The molecule has 0 bridgehead atoms. The first-order chi connectivity index (χ1) is 21.5. The first-order valence-corrected chi connectivity index (χ1v) is 16.5. The van der Waals surface area contributed by atoms with E-state index in [9.17, 15) is 18.0 Å². The summed E-state index contributed by atoms with van der Waals surface area (Å²) in [5.74, 6) is 0.337. The van der Waals surface area contributed by atoms with Gasteiger partial charge in [-0.1, -0.05) is 72.6 Å². The summed E-state index contributed by atoms with van der Waals surface area (Å²) >= 11 is 0. The Kier molecular flexibility index (Phi) is 11.0. The zero-order valence-electron chi connectivity index (χ0n) is 26.4. The molecule has 8 nitrogen and oxygen atoms in total. The molecule has 0 heterocycles. The third kappa shape index (κ3) is 8.73. The van der Waals surface area contributed by atoms with Crippen molar-refractivity contribution >= 4 is 27.5 Å². The van der Waals surface area contributed by atoms with E-state index in [4.69, 9.17) is 4.74 Å². The maximum atomic E-state index is 14.2. The van der Waals surface area contributed by atoms with Gasteiger partial charge in [-0.05, 0) is 88.2 Å². The number of carbonyl (C=O) groups excluding carboxylic acids is 2. The van der Waals surface area contributed by atoms with Gasteiger partial charge in [0.2, 0.25) is 11.8 Å². The van der Waals surface area contributed by atoms with E-state index >= 15 is 0 Å². The van der Waals surface area contributed by atoms with Gasteiger partial charge in [-0.25, -0.2) is 8.42 Å². The summed E-state index contributed by atoms with van der Waals surface area (Å²) in [6, 6.07) is 29.1. The van der Waals surface area contributed by atoms with Gasteiger partial charge in [-0.3, -0.25) is 13.9 Å². The van der Waals surface area contributed by atoms with E-state index in [2.05, 4.69) is 5.32 Å². The van der Waals surface area contributed by atoms with Crippen LogP contribution in [0.25, 0.3) is 0 Å². The van der Waals surface area contributed by atoms with Gasteiger partial charge in [0.15, 0.2) is 0 Å². The second-order valence-corrected chi connectivity index (χ2v) is 13.1. The third-order valence-electron chi connectivity index (χ3n) is 7.63. The number of benzene rings is 4. The number of hydrogen-bond donors (Lipinski definition) is 1. The highest BCUT2D eigenvalue weighted by Crippen LogP contribution is 2.29. The topological polar surface area (TPSA) is 96.0 Å². The minimum absolute atomic E-state index is 0.0539. The maximum Gasteiger partial charge on any atom is 0.264 e. The fourth-order valence-electron chi connectivity index (χ4n) is 4.61. The van der Waals surface area contributed by atoms with Gasteiger partial charge in [0.25, 0.3) is 10.0 Å². The second kappa shape index (κ2) is 14.9. The van der Waals surface area contributed by atoms with Gasteiger partial charge >= 0.3 is 0 Å². The smallest absolute Gasteiger partial charge is 0.264 e. The number of nitrogens with one attached hydrogen (secondary N) is 1. The average Bonchev–Trinajstić information content (AvgIpc) is 3.04. The Labute approximate surface area is 266 Å². The van der Waals surface area contributed by atoms with Crippen LogP contribution in [-0.2, 0) is 26.2 Å². The van der Waals surface area contributed by atoms with Crippen molar-refractivity contribution < 1.29 is 22.7 Å². The molecule has 45 heavy (non-hydrogen) atoms. The molecule has 236 valence electrons. The van der Waals surface area contributed by atoms with Crippen LogP contribution in [-0.4, -0.2) is 43.8 Å². The number of carbonyl (C=O) groups is 2. The van der Waals surface area contributed by atoms with Gasteiger partial charge < -0.3 is 15.0 Å². The van der Waals surface area contributed by atoms with Gasteiger partial charge in [0.1, 0.15) is 24.1 Å². The maximum absolute atomic E-state index is 14.2. The van der Waals surface area contributed by atoms with E-state index in [0.717, 1.165) is 27.4 Å². The van der Waals surface area contributed by atoms with E-state index in [1.165, 1.54) is 17.0 Å². The van der Waals surface area contributed by atoms with Gasteiger partial charge in [-0.2, -0.15) is 0 Å². The number of ether oxygens (including phenoxy) is 1. The van der Waals surface area contributed by atoms with Crippen LogP contribution in [0.3, 0.4) is 0 Å². The molecule has 2 amide bonds. The van der Waals surface area contributed by atoms with Crippen molar-refractivity contribution in [3.8, 4) is 11.5 Å². The van der Waals surface area contributed by atoms with Crippen LogP contribution in [0, 0.1) is 13.8 Å². The number of aryl methyl sites for hydroxylation is 2. The molecule has 0 unspecified atom stereocenters. The van der Waals surface area contributed by atoms with Crippen LogP contribution in [0.1, 0.15) is 43.9 Å². The molecule has 0 aliphatic heterocycles. The SMILES string of the molecule is CC[C@@H](C)NC(=O)[C@@H](C)N(Cc1ccc(C)cc1)C(=O)CN(c1ccc(Oc2ccccc2)cc1)S(=O)(=O)c1ccc(C)cc1. The lowest BCUT2D eigenvalue weighted by Gasteiger charge is -2.32. The quantitative estimate of drug-likeness (QED) is 0.180. The Balaban J connectivity index is 1.70. The number of hydrogen-bond acceptors (Lipinski definition) is 5. The lowest BCUT2D eigenvalue weighted by molar-refractivity contribution is -0.139. The summed E-state index contributed by atoms with van der Waals surface area (Å²) in [6.07, 6.45) is 0.733. The van der Waals surface area contributed by atoms with Crippen LogP contribution in [0.5, 0.6) is 11.5 Å². The van der Waals surface area contributed by atoms with E-state index in [1.807, 2.05) is 82.3 Å². The second-order valence-electron chi connectivity index (χ2n) is 11.2. The molecule has 0 aliphatic rings. The molecule has 4 aromatic rings. The van der Waals surface area contributed by atoms with Gasteiger partial charge in [0, 0.05) is 12.6 Å². The molecule has 0 fully saturated rings. The molecular weight excluding hydrogens is 586 g/mol. The Morgan fingerprint density at radius 1 is 0.778 bits per heavy atom. The number of amides is 2.